The van der Waals surface area contributed by atoms with Crippen LogP contribution in [0.2, 0.25) is 0 Å². The van der Waals surface area contributed by atoms with Crippen LogP contribution in [0.4, 0.5) is 0 Å². The van der Waals surface area contributed by atoms with E-state index in [1.807, 2.05) is 32.1 Å². The maximum Gasteiger partial charge on any atom is 0.318 e. The molecule has 1 saturated heterocycles. The summed E-state index contributed by atoms with van der Waals surface area (Å²) in [5.74, 6) is -2.60. The molecule has 3 atom stereocenters. The summed E-state index contributed by atoms with van der Waals surface area (Å²) in [4.78, 5) is 37.8. The highest BCUT2D eigenvalue weighted by Gasteiger charge is 2.48. The minimum Gasteiger partial charge on any atom is -0.510 e. The van der Waals surface area contributed by atoms with Gasteiger partial charge in [-0.2, -0.15) is 0 Å². The van der Waals surface area contributed by atoms with Crippen molar-refractivity contribution in [3.63, 3.8) is 0 Å². The maximum absolute atomic E-state index is 12.7. The van der Waals surface area contributed by atoms with Crippen molar-refractivity contribution >= 4 is 23.1 Å². The molecule has 1 unspecified atom stereocenters. The van der Waals surface area contributed by atoms with Crippen LogP contribution in [0.25, 0.3) is 0 Å². The van der Waals surface area contributed by atoms with Crippen molar-refractivity contribution in [3.8, 4) is 0 Å². The van der Waals surface area contributed by atoms with Gasteiger partial charge in [-0.3, -0.25) is 4.79 Å². The minimum absolute atomic E-state index is 0.00222. The molecule has 5 heterocycles. The molecule has 44 heavy (non-hydrogen) atoms. The molecule has 1 fully saturated rings. The predicted octanol–water partition coefficient (Wildman–Crippen LogP) is 6.51. The monoisotopic (exact) mass is 594 g/mol. The molecule has 228 valence electrons. The molecular weight excluding hydrogens is 556 g/mol. The van der Waals surface area contributed by atoms with Gasteiger partial charge in [-0.05, 0) is 80.6 Å². The van der Waals surface area contributed by atoms with Gasteiger partial charge in [-0.1, -0.05) is 26.5 Å². The topological polar surface area (TPSA) is 125 Å². The van der Waals surface area contributed by atoms with Crippen molar-refractivity contribution in [1.82, 2.24) is 5.32 Å². The van der Waals surface area contributed by atoms with Crippen molar-refractivity contribution in [1.29, 1.82) is 0 Å². The van der Waals surface area contributed by atoms with Crippen molar-refractivity contribution < 1.29 is 24.8 Å². The Morgan fingerprint density at radius 1 is 1.07 bits per heavy atom. The van der Waals surface area contributed by atoms with E-state index in [1.165, 1.54) is 7.11 Å². The van der Waals surface area contributed by atoms with Gasteiger partial charge in [0.15, 0.2) is 0 Å². The van der Waals surface area contributed by atoms with Gasteiger partial charge in [-0.15, -0.1) is 0 Å². The lowest BCUT2D eigenvalue weighted by Crippen LogP contribution is -2.23. The number of carboxylic acids is 1. The lowest BCUT2D eigenvalue weighted by molar-refractivity contribution is -0.273. The normalized spacial score (nSPS) is 25.8. The Labute approximate surface area is 257 Å². The molecule has 1 aliphatic carbocycles. The molecule has 3 N–H and O–H groups in total. The van der Waals surface area contributed by atoms with Crippen molar-refractivity contribution in [2.24, 2.45) is 32.7 Å². The summed E-state index contributed by atoms with van der Waals surface area (Å²) in [7, 11) is 1.48. The molecule has 0 aromatic rings. The molecule has 0 saturated carbocycles. The lowest BCUT2D eigenvalue weighted by Gasteiger charge is -2.19. The second-order valence-electron chi connectivity index (χ2n) is 11.8. The molecule has 0 radical (unpaired) electrons. The largest absolute Gasteiger partial charge is 0.510 e. The van der Waals surface area contributed by atoms with E-state index in [0.717, 1.165) is 68.5 Å². The Bertz CT molecular complexity index is 1750. The highest BCUT2D eigenvalue weighted by molar-refractivity contribution is 6.24. The number of aliphatic imine (C=N–C) groups is 3. The maximum atomic E-state index is 12.7. The van der Waals surface area contributed by atoms with E-state index in [2.05, 4.69) is 38.7 Å². The third kappa shape index (κ3) is 4.53. The summed E-state index contributed by atoms with van der Waals surface area (Å²) in [6.45, 7) is 14.7. The van der Waals surface area contributed by atoms with Crippen LogP contribution in [0.5, 0.6) is 0 Å². The number of nitrogens with zero attached hydrogens (tertiary/aromatic N) is 3. The van der Waals surface area contributed by atoms with E-state index in [1.54, 1.807) is 0 Å². The zero-order valence-electron chi connectivity index (χ0n) is 26.0. The molecule has 0 aromatic heterocycles. The van der Waals surface area contributed by atoms with E-state index in [0.29, 0.717) is 42.0 Å². The summed E-state index contributed by atoms with van der Waals surface area (Å²) in [5.41, 5.74) is 12.0. The molecule has 9 nitrogen and oxygen atoms in total. The summed E-state index contributed by atoms with van der Waals surface area (Å²) >= 11 is 0. The first-order chi connectivity index (χ1) is 21.1. The first kappa shape index (κ1) is 29.7. The molecule has 0 aromatic carbocycles. The number of allylic oxidation sites excluding steroid dienone is 11. The molecule has 5 aliphatic heterocycles. The standard InChI is InChI=1S/C35H38N4O5/c1-8-20-16(3)23-13-25-18(5)22(11-10-12-44-43-7)32(38-25)30-31(35(41)42)34(40)29-19(6)26(39-33(29)30)15-28-21(9-2)17(4)24(37-28)14-27(20)36-23/h8,13-15,18,22,31,38,40H,1,9-12H2,2-7H3,(H,41,42)/t18-,22-,31?/m0/s1. The number of nitrogens with one attached hydrogen (secondary N) is 1. The van der Waals surface area contributed by atoms with Crippen LogP contribution in [0, 0.1) is 17.8 Å². The molecular formula is C35H38N4O5. The van der Waals surface area contributed by atoms with Crippen molar-refractivity contribution in [3.05, 3.63) is 104 Å². The van der Waals surface area contributed by atoms with Crippen molar-refractivity contribution in [2.45, 2.75) is 53.9 Å². The predicted molar refractivity (Wildman–Crippen MR) is 171 cm³/mol. The van der Waals surface area contributed by atoms with E-state index in [9.17, 15) is 15.0 Å². The van der Waals surface area contributed by atoms with Gasteiger partial charge in [0, 0.05) is 39.9 Å². The first-order valence-electron chi connectivity index (χ1n) is 15.1. The molecule has 0 amide bonds. The highest BCUT2D eigenvalue weighted by Crippen LogP contribution is 2.48. The molecule has 8 bridgehead atoms. The van der Waals surface area contributed by atoms with E-state index in [-0.39, 0.29) is 17.6 Å². The Morgan fingerprint density at radius 2 is 1.80 bits per heavy atom. The van der Waals surface area contributed by atoms with Gasteiger partial charge in [0.25, 0.3) is 0 Å². The second-order valence-corrected chi connectivity index (χ2v) is 11.8. The van der Waals surface area contributed by atoms with Gasteiger partial charge >= 0.3 is 5.97 Å². The summed E-state index contributed by atoms with van der Waals surface area (Å²) in [6.07, 6.45) is 10.0. The van der Waals surface area contributed by atoms with E-state index < -0.39 is 11.9 Å². The number of aliphatic hydroxyl groups is 1. The smallest absolute Gasteiger partial charge is 0.318 e. The Balaban J connectivity index is 1.63. The number of carbonyl (C=O) groups is 1. The Morgan fingerprint density at radius 3 is 2.48 bits per heavy atom. The van der Waals surface area contributed by atoms with Crippen LogP contribution in [0.15, 0.2) is 119 Å². The van der Waals surface area contributed by atoms with E-state index >= 15 is 0 Å². The van der Waals surface area contributed by atoms with Crippen LogP contribution in [-0.4, -0.2) is 47.0 Å². The van der Waals surface area contributed by atoms with Gasteiger partial charge in [-0.25, -0.2) is 24.8 Å². The summed E-state index contributed by atoms with van der Waals surface area (Å²) < 4.78 is 0. The fourth-order valence-corrected chi connectivity index (χ4v) is 7.11. The number of hydrogen-bond donors (Lipinski definition) is 3. The number of aliphatic carboxylic acids is 1. The third-order valence-electron chi connectivity index (χ3n) is 9.53. The average molecular weight is 595 g/mol. The number of fused-ring (bicyclic) bond motifs is 5. The molecule has 0 spiro atoms. The third-order valence-corrected chi connectivity index (χ3v) is 9.53. The fourth-order valence-electron chi connectivity index (χ4n) is 7.11. The molecule has 6 aliphatic rings. The minimum atomic E-state index is -1.23. The van der Waals surface area contributed by atoms with E-state index in [4.69, 9.17) is 24.8 Å². The van der Waals surface area contributed by atoms with Crippen LogP contribution in [-0.2, 0) is 14.6 Å². The lowest BCUT2D eigenvalue weighted by atomic mass is 9.84. The number of carboxylic acid groups (broad SMARTS) is 1. The van der Waals surface area contributed by atoms with Crippen LogP contribution < -0.4 is 5.32 Å². The first-order valence-corrected chi connectivity index (χ1v) is 15.1. The highest BCUT2D eigenvalue weighted by atomic mass is 17.2. The van der Waals surface area contributed by atoms with Crippen LogP contribution >= 0.6 is 0 Å². The van der Waals surface area contributed by atoms with Gasteiger partial charge in [0.05, 0.1) is 47.9 Å². The number of aliphatic hydroxyl groups excluding tert-OH is 1. The molecule has 9 heteroatoms. The molecule has 6 rings (SSSR count). The van der Waals surface area contributed by atoms with Crippen LogP contribution in [0.3, 0.4) is 0 Å². The summed E-state index contributed by atoms with van der Waals surface area (Å²) in [5, 5.41) is 25.5. The Hall–Kier alpha value is -4.34. The number of hydrogen-bond acceptors (Lipinski definition) is 8. The summed E-state index contributed by atoms with van der Waals surface area (Å²) in [6, 6.07) is 0. The zero-order chi connectivity index (χ0) is 31.4. The zero-order valence-corrected chi connectivity index (χ0v) is 26.0. The Kier molecular flexibility index (Phi) is 7.63. The van der Waals surface area contributed by atoms with Crippen LogP contribution in [0.1, 0.15) is 53.9 Å². The fraction of sp³-hybridized carbons (Fsp3) is 0.371. The average Bonchev–Trinajstić information content (AvgIpc) is 3.72. The van der Waals surface area contributed by atoms with Gasteiger partial charge < -0.3 is 15.5 Å². The van der Waals surface area contributed by atoms with Gasteiger partial charge in [0.2, 0.25) is 0 Å². The second kappa shape index (κ2) is 11.3. The SMILES string of the molecule is C=CC1=C(C)C2=NC1=CC1=NC(=CC3=C(C)C4=C(O)C(C(=O)O)C(=C5NC(=C2)[C@@H](C)[C@@H]5CCCOOC)C4=N3)C(CC)=C1C. The van der Waals surface area contributed by atoms with Crippen molar-refractivity contribution in [2.75, 3.05) is 13.7 Å². The van der Waals surface area contributed by atoms with Gasteiger partial charge in [0.1, 0.15) is 11.7 Å². The number of rotatable bonds is 8. The quantitative estimate of drug-likeness (QED) is 0.167.